The molecule has 1 aromatic heterocycles. The first kappa shape index (κ1) is 10.7. The van der Waals surface area contributed by atoms with Crippen LogP contribution < -0.4 is 5.73 Å². The molecule has 1 atom stereocenters. The highest BCUT2D eigenvalue weighted by Crippen LogP contribution is 2.25. The van der Waals surface area contributed by atoms with Crippen molar-refractivity contribution in [3.05, 3.63) is 50.6 Å². The smallest absolute Gasteiger partial charge is 0.137 e. The van der Waals surface area contributed by atoms with Gasteiger partial charge < -0.3 is 5.73 Å². The number of hydrogen-bond donors (Lipinski definition) is 1. The first-order valence-corrected chi connectivity index (χ1v) is 5.95. The van der Waals surface area contributed by atoms with Crippen molar-refractivity contribution in [2.45, 2.75) is 6.04 Å². The Morgan fingerprint density at radius 3 is 2.87 bits per heavy atom. The molecule has 0 aliphatic rings. The van der Waals surface area contributed by atoms with Crippen LogP contribution in [0.1, 0.15) is 16.6 Å². The molecule has 0 fully saturated rings. The third-order valence-corrected chi connectivity index (χ3v) is 3.49. The Hall–Kier alpha value is -0.780. The highest BCUT2D eigenvalue weighted by Gasteiger charge is 2.12. The van der Waals surface area contributed by atoms with Gasteiger partial charge in [-0.1, -0.05) is 6.07 Å². The molecule has 0 radical (unpaired) electrons. The lowest BCUT2D eigenvalue weighted by atomic mass is 10.1. The number of nitrogens with two attached hydrogens (primary N) is 1. The Kier molecular flexibility index (Phi) is 3.14. The number of nitrogens with zero attached hydrogens (tertiary/aromatic N) is 1. The van der Waals surface area contributed by atoms with Crippen LogP contribution in [0.2, 0.25) is 0 Å². The lowest BCUT2D eigenvalue weighted by Crippen LogP contribution is -2.11. The standard InChI is InChI=1S/C10H8BrFN2S/c11-7-5-6(1-2-8(7)12)9(13)10-14-3-4-15-10/h1-5,9H,13H2. The summed E-state index contributed by atoms with van der Waals surface area (Å²) in [4.78, 5) is 4.13. The Labute approximate surface area is 99.1 Å². The maximum atomic E-state index is 13.0. The van der Waals surface area contributed by atoms with Crippen molar-refractivity contribution >= 4 is 27.3 Å². The average Bonchev–Trinajstić information content (AvgIpc) is 2.74. The van der Waals surface area contributed by atoms with Crippen LogP contribution in [0.25, 0.3) is 0 Å². The second-order valence-electron chi connectivity index (χ2n) is 3.02. The summed E-state index contributed by atoms with van der Waals surface area (Å²) < 4.78 is 13.4. The van der Waals surface area contributed by atoms with E-state index in [0.29, 0.717) is 4.47 Å². The zero-order valence-corrected chi connectivity index (χ0v) is 10.1. The molecule has 0 amide bonds. The molecule has 0 bridgehead atoms. The molecule has 0 aliphatic carbocycles. The zero-order chi connectivity index (χ0) is 10.8. The van der Waals surface area contributed by atoms with E-state index in [1.807, 2.05) is 5.38 Å². The normalized spacial score (nSPS) is 12.7. The van der Waals surface area contributed by atoms with E-state index in [4.69, 9.17) is 5.73 Å². The Morgan fingerprint density at radius 2 is 2.27 bits per heavy atom. The average molecular weight is 287 g/mol. The number of rotatable bonds is 2. The van der Waals surface area contributed by atoms with E-state index in [1.165, 1.54) is 17.4 Å². The van der Waals surface area contributed by atoms with E-state index in [9.17, 15) is 4.39 Å². The lowest BCUT2D eigenvalue weighted by molar-refractivity contribution is 0.619. The molecule has 78 valence electrons. The molecule has 0 saturated carbocycles. The third-order valence-electron chi connectivity index (χ3n) is 2.02. The molecule has 1 unspecified atom stereocenters. The summed E-state index contributed by atoms with van der Waals surface area (Å²) in [5.41, 5.74) is 6.83. The molecule has 2 aromatic rings. The van der Waals surface area contributed by atoms with Crippen LogP contribution in [-0.4, -0.2) is 4.98 Å². The summed E-state index contributed by atoms with van der Waals surface area (Å²) in [6.45, 7) is 0. The van der Waals surface area contributed by atoms with Crippen molar-refractivity contribution in [2.24, 2.45) is 5.73 Å². The molecule has 0 spiro atoms. The molecule has 15 heavy (non-hydrogen) atoms. The Bertz CT molecular complexity index is 458. The molecular formula is C10H8BrFN2S. The van der Waals surface area contributed by atoms with Gasteiger partial charge in [0.1, 0.15) is 10.8 Å². The van der Waals surface area contributed by atoms with Gasteiger partial charge in [0.2, 0.25) is 0 Å². The van der Waals surface area contributed by atoms with Gasteiger partial charge in [0.25, 0.3) is 0 Å². The van der Waals surface area contributed by atoms with E-state index in [1.54, 1.807) is 18.3 Å². The molecule has 0 saturated heterocycles. The fourth-order valence-corrected chi connectivity index (χ4v) is 2.30. The van der Waals surface area contributed by atoms with Gasteiger partial charge in [0, 0.05) is 11.6 Å². The van der Waals surface area contributed by atoms with Crippen LogP contribution in [0, 0.1) is 5.82 Å². The molecule has 2 nitrogen and oxygen atoms in total. The molecule has 0 aliphatic heterocycles. The number of thiazole rings is 1. The maximum absolute atomic E-state index is 13.0. The maximum Gasteiger partial charge on any atom is 0.137 e. The van der Waals surface area contributed by atoms with Gasteiger partial charge in [-0.25, -0.2) is 9.37 Å². The first-order valence-electron chi connectivity index (χ1n) is 4.28. The molecule has 2 N–H and O–H groups in total. The quantitative estimate of drug-likeness (QED) is 0.921. The summed E-state index contributed by atoms with van der Waals surface area (Å²) >= 11 is 4.62. The predicted molar refractivity (Wildman–Crippen MR) is 62.2 cm³/mol. The van der Waals surface area contributed by atoms with Crippen molar-refractivity contribution < 1.29 is 4.39 Å². The monoisotopic (exact) mass is 286 g/mol. The number of aromatic nitrogens is 1. The minimum absolute atomic E-state index is 0.287. The fourth-order valence-electron chi connectivity index (χ4n) is 1.24. The van der Waals surface area contributed by atoms with E-state index >= 15 is 0 Å². The minimum atomic E-state index is -0.290. The molecule has 2 rings (SSSR count). The van der Waals surface area contributed by atoms with Gasteiger partial charge in [0.15, 0.2) is 0 Å². The summed E-state index contributed by atoms with van der Waals surface area (Å²) in [7, 11) is 0. The summed E-state index contributed by atoms with van der Waals surface area (Å²) in [5.74, 6) is -0.287. The highest BCUT2D eigenvalue weighted by atomic mass is 79.9. The van der Waals surface area contributed by atoms with Crippen LogP contribution in [0.4, 0.5) is 4.39 Å². The van der Waals surface area contributed by atoms with Crippen molar-refractivity contribution in [2.75, 3.05) is 0 Å². The van der Waals surface area contributed by atoms with Gasteiger partial charge in [0.05, 0.1) is 10.5 Å². The van der Waals surface area contributed by atoms with Crippen molar-refractivity contribution in [1.82, 2.24) is 4.98 Å². The summed E-state index contributed by atoms with van der Waals surface area (Å²) in [6.07, 6.45) is 1.71. The molecular weight excluding hydrogens is 279 g/mol. The van der Waals surface area contributed by atoms with E-state index in [0.717, 1.165) is 10.6 Å². The van der Waals surface area contributed by atoms with Gasteiger partial charge >= 0.3 is 0 Å². The highest BCUT2D eigenvalue weighted by molar-refractivity contribution is 9.10. The van der Waals surface area contributed by atoms with E-state index in [-0.39, 0.29) is 11.9 Å². The van der Waals surface area contributed by atoms with Crippen LogP contribution in [0.5, 0.6) is 0 Å². The Morgan fingerprint density at radius 1 is 1.47 bits per heavy atom. The van der Waals surface area contributed by atoms with Gasteiger partial charge in [-0.2, -0.15) is 0 Å². The minimum Gasteiger partial charge on any atom is -0.318 e. The van der Waals surface area contributed by atoms with Crippen LogP contribution in [0.15, 0.2) is 34.2 Å². The third kappa shape index (κ3) is 2.25. The van der Waals surface area contributed by atoms with Gasteiger partial charge in [-0.3, -0.25) is 0 Å². The summed E-state index contributed by atoms with van der Waals surface area (Å²) in [6, 6.07) is 4.46. The zero-order valence-electron chi connectivity index (χ0n) is 7.65. The summed E-state index contributed by atoms with van der Waals surface area (Å²) in [5, 5.41) is 2.70. The Balaban J connectivity index is 2.34. The number of halogens is 2. The molecule has 1 heterocycles. The van der Waals surface area contributed by atoms with Crippen molar-refractivity contribution in [3.8, 4) is 0 Å². The number of benzene rings is 1. The van der Waals surface area contributed by atoms with Crippen molar-refractivity contribution in [1.29, 1.82) is 0 Å². The fraction of sp³-hybridized carbons (Fsp3) is 0.100. The van der Waals surface area contributed by atoms with Crippen LogP contribution in [0.3, 0.4) is 0 Å². The van der Waals surface area contributed by atoms with Crippen LogP contribution >= 0.6 is 27.3 Å². The predicted octanol–water partition coefficient (Wildman–Crippen LogP) is 3.09. The molecule has 1 aromatic carbocycles. The van der Waals surface area contributed by atoms with E-state index < -0.39 is 0 Å². The number of hydrogen-bond acceptors (Lipinski definition) is 3. The largest absolute Gasteiger partial charge is 0.318 e. The second kappa shape index (κ2) is 4.38. The van der Waals surface area contributed by atoms with Gasteiger partial charge in [-0.05, 0) is 33.6 Å². The van der Waals surface area contributed by atoms with Crippen molar-refractivity contribution in [3.63, 3.8) is 0 Å². The lowest BCUT2D eigenvalue weighted by Gasteiger charge is -2.09. The SMILES string of the molecule is NC(c1ccc(F)c(Br)c1)c1nccs1. The molecule has 5 heteroatoms. The van der Waals surface area contributed by atoms with E-state index in [2.05, 4.69) is 20.9 Å². The topological polar surface area (TPSA) is 38.9 Å². The van der Waals surface area contributed by atoms with Gasteiger partial charge in [-0.15, -0.1) is 11.3 Å². The second-order valence-corrected chi connectivity index (χ2v) is 4.80. The van der Waals surface area contributed by atoms with Crippen LogP contribution in [-0.2, 0) is 0 Å². The first-order chi connectivity index (χ1) is 7.18.